The molecule has 0 heterocycles. The fourth-order valence-electron chi connectivity index (χ4n) is 2.11. The third-order valence-corrected chi connectivity index (χ3v) is 3.47. The average Bonchev–Trinajstić information content (AvgIpc) is 2.65. The van der Waals surface area contributed by atoms with E-state index in [0.717, 1.165) is 11.3 Å². The van der Waals surface area contributed by atoms with Gasteiger partial charge in [0.2, 0.25) is 0 Å². The van der Waals surface area contributed by atoms with Gasteiger partial charge in [0.1, 0.15) is 11.5 Å². The van der Waals surface area contributed by atoms with Gasteiger partial charge in [-0.05, 0) is 48.9 Å². The van der Waals surface area contributed by atoms with Crippen LogP contribution >= 0.6 is 0 Å². The van der Waals surface area contributed by atoms with Gasteiger partial charge in [0.15, 0.2) is 6.61 Å². The largest absolute Gasteiger partial charge is 0.497 e. The number of ether oxygens (including phenoxy) is 2. The Bertz CT molecular complexity index is 696. The van der Waals surface area contributed by atoms with Crippen LogP contribution in [0.5, 0.6) is 11.5 Å². The Kier molecular flexibility index (Phi) is 6.83. The second-order valence-electron chi connectivity index (χ2n) is 5.30. The number of hydrogen-bond acceptors (Lipinski definition) is 4. The first kappa shape index (κ1) is 18.3. The third kappa shape index (κ3) is 5.84. The van der Waals surface area contributed by atoms with Crippen molar-refractivity contribution in [1.29, 1.82) is 0 Å². The van der Waals surface area contributed by atoms with Gasteiger partial charge in [-0.2, -0.15) is 0 Å². The number of nitrogens with one attached hydrogen (secondary N) is 2. The minimum absolute atomic E-state index is 0.0866. The van der Waals surface area contributed by atoms with E-state index in [2.05, 4.69) is 10.6 Å². The van der Waals surface area contributed by atoms with Crippen molar-refractivity contribution in [2.75, 3.05) is 20.3 Å². The zero-order valence-corrected chi connectivity index (χ0v) is 14.4. The maximum absolute atomic E-state index is 11.8. The molecule has 6 nitrogen and oxygen atoms in total. The standard InChI is InChI=1S/C19H22N2O4/c1-3-20-19(23)15-6-10-17(11-7-15)25-13-18(22)21-12-14-4-8-16(24-2)9-5-14/h4-11H,3,12-13H2,1-2H3,(H,20,23)(H,21,22). The summed E-state index contributed by atoms with van der Waals surface area (Å²) in [7, 11) is 1.61. The highest BCUT2D eigenvalue weighted by Crippen LogP contribution is 2.12. The van der Waals surface area contributed by atoms with Crippen LogP contribution in [0.2, 0.25) is 0 Å². The Morgan fingerprint density at radius 2 is 1.56 bits per heavy atom. The molecule has 0 saturated heterocycles. The van der Waals surface area contributed by atoms with Crippen molar-refractivity contribution in [1.82, 2.24) is 10.6 Å². The van der Waals surface area contributed by atoms with Crippen LogP contribution in [-0.4, -0.2) is 32.1 Å². The SMILES string of the molecule is CCNC(=O)c1ccc(OCC(=O)NCc2ccc(OC)cc2)cc1. The lowest BCUT2D eigenvalue weighted by atomic mass is 10.2. The molecule has 0 radical (unpaired) electrons. The maximum atomic E-state index is 11.8. The number of benzene rings is 2. The van der Waals surface area contributed by atoms with Crippen LogP contribution < -0.4 is 20.1 Å². The molecule has 0 aliphatic heterocycles. The molecule has 0 aliphatic carbocycles. The summed E-state index contributed by atoms with van der Waals surface area (Å²) in [5.74, 6) is 0.956. The van der Waals surface area contributed by atoms with Gasteiger partial charge >= 0.3 is 0 Å². The van der Waals surface area contributed by atoms with Crippen LogP contribution in [0.3, 0.4) is 0 Å². The lowest BCUT2D eigenvalue weighted by Gasteiger charge is -2.09. The van der Waals surface area contributed by atoms with E-state index in [-0.39, 0.29) is 18.4 Å². The maximum Gasteiger partial charge on any atom is 0.258 e. The van der Waals surface area contributed by atoms with Crippen LogP contribution in [-0.2, 0) is 11.3 Å². The molecule has 132 valence electrons. The molecule has 6 heteroatoms. The molecule has 0 fully saturated rings. The van der Waals surface area contributed by atoms with Crippen LogP contribution in [0, 0.1) is 0 Å². The van der Waals surface area contributed by atoms with Crippen molar-refractivity contribution in [2.45, 2.75) is 13.5 Å². The predicted octanol–water partition coefficient (Wildman–Crippen LogP) is 2.14. The Hall–Kier alpha value is -3.02. The smallest absolute Gasteiger partial charge is 0.258 e. The van der Waals surface area contributed by atoms with Crippen LogP contribution in [0.15, 0.2) is 48.5 Å². The van der Waals surface area contributed by atoms with Gasteiger partial charge in [-0.15, -0.1) is 0 Å². The molecule has 0 saturated carbocycles. The summed E-state index contributed by atoms with van der Waals surface area (Å²) in [6.07, 6.45) is 0. The van der Waals surface area contributed by atoms with Gasteiger partial charge in [-0.1, -0.05) is 12.1 Å². The monoisotopic (exact) mass is 342 g/mol. The topological polar surface area (TPSA) is 76.7 Å². The zero-order chi connectivity index (χ0) is 18.1. The van der Waals surface area contributed by atoms with Crippen molar-refractivity contribution in [2.24, 2.45) is 0 Å². The first-order valence-corrected chi connectivity index (χ1v) is 8.03. The summed E-state index contributed by atoms with van der Waals surface area (Å²) in [6, 6.07) is 14.1. The second-order valence-corrected chi connectivity index (χ2v) is 5.30. The molecular formula is C19H22N2O4. The van der Waals surface area contributed by atoms with Gasteiger partial charge in [0, 0.05) is 18.7 Å². The van der Waals surface area contributed by atoms with Crippen molar-refractivity contribution >= 4 is 11.8 Å². The first-order valence-electron chi connectivity index (χ1n) is 8.03. The van der Waals surface area contributed by atoms with E-state index >= 15 is 0 Å². The van der Waals surface area contributed by atoms with E-state index in [1.807, 2.05) is 31.2 Å². The molecule has 2 N–H and O–H groups in total. The van der Waals surface area contributed by atoms with E-state index in [9.17, 15) is 9.59 Å². The molecular weight excluding hydrogens is 320 g/mol. The van der Waals surface area contributed by atoms with Gasteiger partial charge in [0.25, 0.3) is 11.8 Å². The summed E-state index contributed by atoms with van der Waals surface area (Å²) < 4.78 is 10.5. The molecule has 0 aliphatic rings. The van der Waals surface area contributed by atoms with Gasteiger partial charge in [-0.25, -0.2) is 0 Å². The lowest BCUT2D eigenvalue weighted by Crippen LogP contribution is -2.28. The number of amides is 2. The van der Waals surface area contributed by atoms with Crippen LogP contribution in [0.4, 0.5) is 0 Å². The quantitative estimate of drug-likeness (QED) is 0.771. The number of carbonyl (C=O) groups is 2. The highest BCUT2D eigenvalue weighted by atomic mass is 16.5. The molecule has 0 bridgehead atoms. The molecule has 25 heavy (non-hydrogen) atoms. The van der Waals surface area contributed by atoms with E-state index in [1.54, 1.807) is 31.4 Å². The Labute approximate surface area is 147 Å². The normalized spacial score (nSPS) is 10.0. The molecule has 2 rings (SSSR count). The Morgan fingerprint density at radius 3 is 2.16 bits per heavy atom. The molecule has 0 unspecified atom stereocenters. The van der Waals surface area contributed by atoms with E-state index in [0.29, 0.717) is 24.4 Å². The van der Waals surface area contributed by atoms with Crippen molar-refractivity contribution in [3.63, 3.8) is 0 Å². The van der Waals surface area contributed by atoms with Gasteiger partial charge in [-0.3, -0.25) is 9.59 Å². The average molecular weight is 342 g/mol. The predicted molar refractivity (Wildman–Crippen MR) is 94.8 cm³/mol. The molecule has 2 aromatic rings. The molecule has 2 aromatic carbocycles. The Morgan fingerprint density at radius 1 is 0.920 bits per heavy atom. The molecule has 0 aromatic heterocycles. The lowest BCUT2D eigenvalue weighted by molar-refractivity contribution is -0.123. The summed E-state index contributed by atoms with van der Waals surface area (Å²) in [5, 5.41) is 5.50. The first-order chi connectivity index (χ1) is 12.1. The summed E-state index contributed by atoms with van der Waals surface area (Å²) in [6.45, 7) is 2.77. The van der Waals surface area contributed by atoms with Crippen LogP contribution in [0.1, 0.15) is 22.8 Å². The van der Waals surface area contributed by atoms with E-state index < -0.39 is 0 Å². The summed E-state index contributed by atoms with van der Waals surface area (Å²) in [4.78, 5) is 23.5. The van der Waals surface area contributed by atoms with Gasteiger partial charge in [0.05, 0.1) is 7.11 Å². The van der Waals surface area contributed by atoms with Crippen molar-refractivity contribution < 1.29 is 19.1 Å². The van der Waals surface area contributed by atoms with Gasteiger partial charge < -0.3 is 20.1 Å². The summed E-state index contributed by atoms with van der Waals surface area (Å²) in [5.41, 5.74) is 1.53. The zero-order valence-electron chi connectivity index (χ0n) is 14.4. The summed E-state index contributed by atoms with van der Waals surface area (Å²) >= 11 is 0. The minimum atomic E-state index is -0.219. The number of rotatable bonds is 8. The number of carbonyl (C=O) groups excluding carboxylic acids is 2. The minimum Gasteiger partial charge on any atom is -0.497 e. The Balaban J connectivity index is 1.76. The highest BCUT2D eigenvalue weighted by molar-refractivity contribution is 5.94. The molecule has 2 amide bonds. The third-order valence-electron chi connectivity index (χ3n) is 3.47. The molecule has 0 atom stereocenters. The number of hydrogen-bond donors (Lipinski definition) is 2. The number of methoxy groups -OCH3 is 1. The fourth-order valence-corrected chi connectivity index (χ4v) is 2.11. The molecule has 0 spiro atoms. The van der Waals surface area contributed by atoms with E-state index in [4.69, 9.17) is 9.47 Å². The van der Waals surface area contributed by atoms with Crippen molar-refractivity contribution in [3.8, 4) is 11.5 Å². The second kappa shape index (κ2) is 9.32. The highest BCUT2D eigenvalue weighted by Gasteiger charge is 2.06. The van der Waals surface area contributed by atoms with Crippen LogP contribution in [0.25, 0.3) is 0 Å². The fraction of sp³-hybridized carbons (Fsp3) is 0.263. The van der Waals surface area contributed by atoms with E-state index in [1.165, 1.54) is 0 Å². The van der Waals surface area contributed by atoms with Crippen molar-refractivity contribution in [3.05, 3.63) is 59.7 Å².